The van der Waals surface area contributed by atoms with Crippen LogP contribution in [0.15, 0.2) is 16.9 Å². The van der Waals surface area contributed by atoms with Crippen LogP contribution < -0.4 is 10.7 Å². The Balaban J connectivity index is 1.52. The lowest BCUT2D eigenvalue weighted by Crippen LogP contribution is -2.46. The summed E-state index contributed by atoms with van der Waals surface area (Å²) in [5.74, 6) is 0.340. The van der Waals surface area contributed by atoms with Gasteiger partial charge < -0.3 is 15.2 Å². The number of rotatable bonds is 4. The Kier molecular flexibility index (Phi) is 5.72. The molecule has 1 aromatic heterocycles. The van der Waals surface area contributed by atoms with Crippen molar-refractivity contribution in [1.82, 2.24) is 15.2 Å². The minimum Gasteiger partial charge on any atom is -0.354 e. The van der Waals surface area contributed by atoms with Gasteiger partial charge in [-0.3, -0.25) is 9.59 Å². The highest BCUT2D eigenvalue weighted by Crippen LogP contribution is 2.26. The summed E-state index contributed by atoms with van der Waals surface area (Å²) in [6.45, 7) is 4.79. The number of H-pyrrole nitrogens is 1. The SMILES string of the molecule is Cc1cc(=O)cc(C(=O)NC[C@@H]2CCCN(C3CCCCC3)C2)[nH]1. The monoisotopic (exact) mass is 331 g/mol. The third-order valence-corrected chi connectivity index (χ3v) is 5.41. The third kappa shape index (κ3) is 4.47. The lowest BCUT2D eigenvalue weighted by atomic mass is 9.90. The maximum absolute atomic E-state index is 12.3. The molecule has 1 aliphatic heterocycles. The molecule has 0 spiro atoms. The van der Waals surface area contributed by atoms with E-state index in [0.717, 1.165) is 12.6 Å². The lowest BCUT2D eigenvalue weighted by molar-refractivity contribution is 0.0863. The van der Waals surface area contributed by atoms with Crippen molar-refractivity contribution in [1.29, 1.82) is 0 Å². The van der Waals surface area contributed by atoms with Gasteiger partial charge in [0.05, 0.1) is 0 Å². The summed E-state index contributed by atoms with van der Waals surface area (Å²) < 4.78 is 0. The molecule has 0 aromatic carbocycles. The first-order valence-corrected chi connectivity index (χ1v) is 9.35. The number of nitrogens with zero attached hydrogens (tertiary/aromatic N) is 1. The molecule has 5 nitrogen and oxygen atoms in total. The van der Waals surface area contributed by atoms with Crippen LogP contribution in [-0.4, -0.2) is 41.5 Å². The summed E-state index contributed by atoms with van der Waals surface area (Å²) in [5.41, 5.74) is 0.950. The Morgan fingerprint density at radius 2 is 2.00 bits per heavy atom. The first-order chi connectivity index (χ1) is 11.6. The Bertz CT molecular complexity index is 619. The van der Waals surface area contributed by atoms with E-state index in [2.05, 4.69) is 15.2 Å². The Morgan fingerprint density at radius 1 is 1.21 bits per heavy atom. The van der Waals surface area contributed by atoms with Crippen LogP contribution in [0.1, 0.15) is 61.1 Å². The summed E-state index contributed by atoms with van der Waals surface area (Å²) >= 11 is 0. The van der Waals surface area contributed by atoms with Crippen LogP contribution in [0.5, 0.6) is 0 Å². The molecule has 2 aliphatic rings. The smallest absolute Gasteiger partial charge is 0.267 e. The first-order valence-electron chi connectivity index (χ1n) is 9.35. The minimum atomic E-state index is -0.175. The standard InChI is InChI=1S/C19H29N3O2/c1-14-10-17(23)11-18(21-14)19(24)20-12-15-6-5-9-22(13-15)16-7-3-2-4-8-16/h10-11,15-16H,2-9,12-13H2,1H3,(H,20,24)(H,21,23)/t15-/m0/s1. The Hall–Kier alpha value is -1.62. The number of carbonyl (C=O) groups is 1. The topological polar surface area (TPSA) is 65.2 Å². The maximum Gasteiger partial charge on any atom is 0.267 e. The van der Waals surface area contributed by atoms with E-state index in [-0.39, 0.29) is 11.3 Å². The van der Waals surface area contributed by atoms with Crippen molar-refractivity contribution in [3.8, 4) is 0 Å². The van der Waals surface area contributed by atoms with E-state index < -0.39 is 0 Å². The molecule has 2 N–H and O–H groups in total. The molecular weight excluding hydrogens is 302 g/mol. The Labute approximate surface area is 143 Å². The first kappa shape index (κ1) is 17.2. The molecule has 0 unspecified atom stereocenters. The number of pyridine rings is 1. The van der Waals surface area contributed by atoms with Crippen LogP contribution >= 0.6 is 0 Å². The fourth-order valence-electron chi connectivity index (χ4n) is 4.18. The van der Waals surface area contributed by atoms with Crippen molar-refractivity contribution >= 4 is 5.91 Å². The molecule has 0 bridgehead atoms. The molecule has 0 radical (unpaired) electrons. The zero-order valence-electron chi connectivity index (χ0n) is 14.6. The van der Waals surface area contributed by atoms with Gasteiger partial charge in [0.25, 0.3) is 5.91 Å². The van der Waals surface area contributed by atoms with Crippen molar-refractivity contribution in [3.63, 3.8) is 0 Å². The second-order valence-corrected chi connectivity index (χ2v) is 7.42. The average Bonchev–Trinajstić information content (AvgIpc) is 2.60. The van der Waals surface area contributed by atoms with Crippen LogP contribution in [-0.2, 0) is 0 Å². The zero-order chi connectivity index (χ0) is 16.9. The highest BCUT2D eigenvalue weighted by atomic mass is 16.2. The van der Waals surface area contributed by atoms with Gasteiger partial charge in [-0.15, -0.1) is 0 Å². The number of hydrogen-bond acceptors (Lipinski definition) is 3. The number of aromatic nitrogens is 1. The highest BCUT2D eigenvalue weighted by Gasteiger charge is 2.27. The fraction of sp³-hybridized carbons (Fsp3) is 0.684. The van der Waals surface area contributed by atoms with Crippen molar-refractivity contribution in [2.45, 2.75) is 57.9 Å². The summed E-state index contributed by atoms with van der Waals surface area (Å²) in [6, 6.07) is 3.63. The molecule has 5 heteroatoms. The molecule has 1 aromatic rings. The molecule has 2 fully saturated rings. The Morgan fingerprint density at radius 3 is 2.75 bits per heavy atom. The molecule has 24 heavy (non-hydrogen) atoms. The number of aromatic amines is 1. The number of piperidine rings is 1. The van der Waals surface area contributed by atoms with E-state index in [1.807, 2.05) is 0 Å². The van der Waals surface area contributed by atoms with Gasteiger partial charge in [-0.2, -0.15) is 0 Å². The van der Waals surface area contributed by atoms with Gasteiger partial charge in [0.15, 0.2) is 5.43 Å². The third-order valence-electron chi connectivity index (χ3n) is 5.41. The molecule has 1 aliphatic carbocycles. The number of nitrogens with one attached hydrogen (secondary N) is 2. The van der Waals surface area contributed by atoms with Gasteiger partial charge in [-0.1, -0.05) is 19.3 Å². The van der Waals surface area contributed by atoms with Crippen LogP contribution in [0.3, 0.4) is 0 Å². The molecule has 1 saturated carbocycles. The van der Waals surface area contributed by atoms with Crippen molar-refractivity contribution in [2.24, 2.45) is 5.92 Å². The number of aryl methyl sites for hydroxylation is 1. The van der Waals surface area contributed by atoms with E-state index >= 15 is 0 Å². The number of hydrogen-bond donors (Lipinski definition) is 2. The predicted octanol–water partition coefficient (Wildman–Crippen LogP) is 2.46. The van der Waals surface area contributed by atoms with Crippen LogP contribution in [0.25, 0.3) is 0 Å². The molecule has 3 rings (SSSR count). The van der Waals surface area contributed by atoms with Crippen molar-refractivity contribution in [3.05, 3.63) is 33.7 Å². The predicted molar refractivity (Wildman–Crippen MR) is 95.3 cm³/mol. The van der Waals surface area contributed by atoms with Crippen LogP contribution in [0, 0.1) is 12.8 Å². The molecule has 1 atom stereocenters. The molecule has 2 heterocycles. The van der Waals surface area contributed by atoms with E-state index in [1.54, 1.807) is 6.92 Å². The molecular formula is C19H29N3O2. The second-order valence-electron chi connectivity index (χ2n) is 7.42. The van der Waals surface area contributed by atoms with E-state index in [1.165, 1.54) is 63.6 Å². The van der Waals surface area contributed by atoms with Gasteiger partial charge >= 0.3 is 0 Å². The molecule has 1 amide bonds. The largest absolute Gasteiger partial charge is 0.354 e. The van der Waals surface area contributed by atoms with Gasteiger partial charge in [0.1, 0.15) is 5.69 Å². The highest BCUT2D eigenvalue weighted by molar-refractivity contribution is 5.92. The number of amides is 1. The van der Waals surface area contributed by atoms with E-state index in [0.29, 0.717) is 23.9 Å². The van der Waals surface area contributed by atoms with Gasteiger partial charge in [0.2, 0.25) is 0 Å². The van der Waals surface area contributed by atoms with E-state index in [9.17, 15) is 9.59 Å². The van der Waals surface area contributed by atoms with Crippen LogP contribution in [0.4, 0.5) is 0 Å². The molecule has 132 valence electrons. The summed E-state index contributed by atoms with van der Waals surface area (Å²) in [7, 11) is 0. The van der Waals surface area contributed by atoms with Gasteiger partial charge in [-0.25, -0.2) is 0 Å². The normalized spacial score (nSPS) is 23.1. The fourth-order valence-corrected chi connectivity index (χ4v) is 4.18. The number of carbonyl (C=O) groups excluding carboxylic acids is 1. The maximum atomic E-state index is 12.3. The van der Waals surface area contributed by atoms with E-state index in [4.69, 9.17) is 0 Å². The van der Waals surface area contributed by atoms with Gasteiger partial charge in [-0.05, 0) is 45.1 Å². The quantitative estimate of drug-likeness (QED) is 0.891. The lowest BCUT2D eigenvalue weighted by Gasteiger charge is -2.40. The van der Waals surface area contributed by atoms with Crippen molar-refractivity contribution in [2.75, 3.05) is 19.6 Å². The summed E-state index contributed by atoms with van der Waals surface area (Å²) in [6.07, 6.45) is 9.18. The second kappa shape index (κ2) is 7.97. The van der Waals surface area contributed by atoms with Crippen LogP contribution in [0.2, 0.25) is 0 Å². The summed E-state index contributed by atoms with van der Waals surface area (Å²) in [5, 5.41) is 3.01. The average molecular weight is 331 g/mol. The zero-order valence-corrected chi connectivity index (χ0v) is 14.6. The molecule has 1 saturated heterocycles. The minimum absolute atomic E-state index is 0.127. The van der Waals surface area contributed by atoms with Crippen molar-refractivity contribution < 1.29 is 4.79 Å². The summed E-state index contributed by atoms with van der Waals surface area (Å²) in [4.78, 5) is 29.4. The van der Waals surface area contributed by atoms with Gasteiger partial charge in [0, 0.05) is 37.0 Å². The number of likely N-dealkylation sites (tertiary alicyclic amines) is 1.